The Morgan fingerprint density at radius 2 is 1.18 bits per heavy atom. The Labute approximate surface area is 297 Å². The number of allylic oxidation sites excluding steroid dienone is 8. The number of benzene rings is 7. The van der Waals surface area contributed by atoms with Crippen molar-refractivity contribution >= 4 is 69.4 Å². The molecule has 50 heavy (non-hydrogen) atoms. The van der Waals surface area contributed by atoms with Crippen LogP contribution in [0.5, 0.6) is 0 Å². The number of thiophene rings is 1. The molecule has 238 valence electrons. The standard InChI is InChI=1S/C49H36S/c1-49(2)42-26-24-33(28-40(42)41-30-39-32(29-43(41)49)25-27-45-48(39)38-22-14-15-23-44(38)50-45)47-36-20-12-10-18-34(36)46(35-19-11-13-21-37(35)47)31-16-8-6-4-3-5-7-9-17-31/h3-4,6-15,17-30H,5,16H2,1-2H3/b4-3-,8-6-,9-7-,31-17+. The molecule has 1 aromatic heterocycles. The summed E-state index contributed by atoms with van der Waals surface area (Å²) in [6.07, 6.45) is 17.5. The molecule has 0 aliphatic heterocycles. The topological polar surface area (TPSA) is 0 Å². The second-order valence-corrected chi connectivity index (χ2v) is 15.4. The van der Waals surface area contributed by atoms with Gasteiger partial charge in [-0.2, -0.15) is 0 Å². The van der Waals surface area contributed by atoms with Crippen LogP contribution in [0.15, 0.2) is 158 Å². The van der Waals surface area contributed by atoms with E-state index >= 15 is 0 Å². The van der Waals surface area contributed by atoms with Crippen LogP contribution >= 0.6 is 11.3 Å². The zero-order valence-electron chi connectivity index (χ0n) is 28.3. The molecule has 0 saturated heterocycles. The average molecular weight is 657 g/mol. The van der Waals surface area contributed by atoms with Crippen molar-refractivity contribution in [3.63, 3.8) is 0 Å². The average Bonchev–Trinajstić information content (AvgIpc) is 3.64. The molecule has 0 N–H and O–H groups in total. The zero-order chi connectivity index (χ0) is 33.4. The molecule has 0 amide bonds. The van der Waals surface area contributed by atoms with Gasteiger partial charge in [0.15, 0.2) is 0 Å². The van der Waals surface area contributed by atoms with Crippen molar-refractivity contribution in [2.75, 3.05) is 0 Å². The smallest absolute Gasteiger partial charge is 0.0361 e. The first-order valence-electron chi connectivity index (χ1n) is 17.7. The first-order valence-corrected chi connectivity index (χ1v) is 18.5. The molecular formula is C49H36S. The second-order valence-electron chi connectivity index (χ2n) is 14.3. The minimum Gasteiger partial charge on any atom is -0.135 e. The molecule has 0 saturated carbocycles. The fourth-order valence-electron chi connectivity index (χ4n) is 8.76. The van der Waals surface area contributed by atoms with E-state index in [1.54, 1.807) is 0 Å². The van der Waals surface area contributed by atoms with Crippen molar-refractivity contribution in [1.29, 1.82) is 0 Å². The van der Waals surface area contributed by atoms with Gasteiger partial charge in [0.25, 0.3) is 0 Å². The van der Waals surface area contributed by atoms with Gasteiger partial charge in [-0.25, -0.2) is 0 Å². The zero-order valence-corrected chi connectivity index (χ0v) is 29.2. The Balaban J connectivity index is 1.23. The van der Waals surface area contributed by atoms with Crippen molar-refractivity contribution < 1.29 is 0 Å². The van der Waals surface area contributed by atoms with E-state index in [1.165, 1.54) is 97.0 Å². The highest BCUT2D eigenvalue weighted by atomic mass is 32.1. The molecule has 0 nitrogen and oxygen atoms in total. The Kier molecular flexibility index (Phi) is 6.63. The highest BCUT2D eigenvalue weighted by Crippen LogP contribution is 2.53. The third-order valence-corrected chi connectivity index (χ3v) is 12.3. The quantitative estimate of drug-likeness (QED) is 0.162. The maximum atomic E-state index is 2.50. The summed E-state index contributed by atoms with van der Waals surface area (Å²) in [6, 6.07) is 43.9. The van der Waals surface area contributed by atoms with Crippen LogP contribution in [0.2, 0.25) is 0 Å². The van der Waals surface area contributed by atoms with Crippen LogP contribution in [0.1, 0.15) is 43.4 Å². The molecule has 10 rings (SSSR count). The minimum absolute atomic E-state index is 0.0877. The minimum atomic E-state index is -0.0877. The van der Waals surface area contributed by atoms with Crippen LogP contribution in [0.3, 0.4) is 0 Å². The SMILES string of the molecule is CC1(C)c2ccc(-c3c4ccccc4c(/C4=C/C=C\C/C=C\C=C/C4)c4ccccc34)cc2-c2cc3c(ccc4sc5ccccc5c43)cc21. The molecule has 1 heteroatoms. The van der Waals surface area contributed by atoms with E-state index < -0.39 is 0 Å². The van der Waals surface area contributed by atoms with E-state index in [9.17, 15) is 0 Å². The van der Waals surface area contributed by atoms with E-state index in [4.69, 9.17) is 0 Å². The van der Waals surface area contributed by atoms with Gasteiger partial charge in [0.05, 0.1) is 0 Å². The normalized spacial score (nSPS) is 18.2. The van der Waals surface area contributed by atoms with Gasteiger partial charge in [-0.1, -0.05) is 141 Å². The third kappa shape index (κ3) is 4.36. The van der Waals surface area contributed by atoms with Crippen molar-refractivity contribution in [3.8, 4) is 22.3 Å². The molecule has 0 spiro atoms. The predicted molar refractivity (Wildman–Crippen MR) is 219 cm³/mol. The maximum Gasteiger partial charge on any atom is 0.0361 e. The lowest BCUT2D eigenvalue weighted by Gasteiger charge is -2.22. The Hall–Kier alpha value is -5.50. The van der Waals surface area contributed by atoms with Crippen molar-refractivity contribution in [2.45, 2.75) is 32.1 Å². The van der Waals surface area contributed by atoms with Gasteiger partial charge in [-0.05, 0) is 120 Å². The summed E-state index contributed by atoms with van der Waals surface area (Å²) in [5.41, 5.74) is 10.7. The van der Waals surface area contributed by atoms with E-state index in [1.807, 2.05) is 11.3 Å². The van der Waals surface area contributed by atoms with E-state index in [0.29, 0.717) is 0 Å². The molecule has 8 aromatic rings. The van der Waals surface area contributed by atoms with E-state index in [-0.39, 0.29) is 5.41 Å². The van der Waals surface area contributed by atoms with Crippen LogP contribution in [-0.4, -0.2) is 0 Å². The van der Waals surface area contributed by atoms with Crippen molar-refractivity contribution in [2.24, 2.45) is 0 Å². The van der Waals surface area contributed by atoms with Crippen LogP contribution in [0, 0.1) is 0 Å². The molecule has 2 aliphatic rings. The van der Waals surface area contributed by atoms with E-state index in [0.717, 1.165) is 12.8 Å². The van der Waals surface area contributed by atoms with Crippen LogP contribution in [0.25, 0.3) is 80.3 Å². The summed E-state index contributed by atoms with van der Waals surface area (Å²) >= 11 is 1.90. The summed E-state index contributed by atoms with van der Waals surface area (Å²) in [5.74, 6) is 0. The van der Waals surface area contributed by atoms with Crippen LogP contribution in [-0.2, 0) is 5.41 Å². The first kappa shape index (κ1) is 29.4. The lowest BCUT2D eigenvalue weighted by Crippen LogP contribution is -2.14. The summed E-state index contributed by atoms with van der Waals surface area (Å²) in [7, 11) is 0. The number of rotatable bonds is 2. The lowest BCUT2D eigenvalue weighted by atomic mass is 9.81. The number of hydrogen-bond acceptors (Lipinski definition) is 1. The highest BCUT2D eigenvalue weighted by Gasteiger charge is 2.36. The van der Waals surface area contributed by atoms with Crippen LogP contribution < -0.4 is 0 Å². The monoisotopic (exact) mass is 656 g/mol. The summed E-state index contributed by atoms with van der Waals surface area (Å²) < 4.78 is 2.71. The number of fused-ring (bicyclic) bond motifs is 10. The Morgan fingerprint density at radius 1 is 0.520 bits per heavy atom. The largest absolute Gasteiger partial charge is 0.135 e. The highest BCUT2D eigenvalue weighted by molar-refractivity contribution is 7.26. The van der Waals surface area contributed by atoms with E-state index in [2.05, 4.69) is 172 Å². The van der Waals surface area contributed by atoms with Gasteiger partial charge in [0.2, 0.25) is 0 Å². The molecule has 2 aliphatic carbocycles. The van der Waals surface area contributed by atoms with Gasteiger partial charge in [0.1, 0.15) is 0 Å². The fourth-order valence-corrected chi connectivity index (χ4v) is 9.88. The fraction of sp³-hybridized carbons (Fsp3) is 0.102. The molecule has 0 unspecified atom stereocenters. The summed E-state index contributed by atoms with van der Waals surface area (Å²) in [4.78, 5) is 0. The molecule has 0 atom stereocenters. The van der Waals surface area contributed by atoms with Gasteiger partial charge in [-0.3, -0.25) is 0 Å². The van der Waals surface area contributed by atoms with Gasteiger partial charge >= 0.3 is 0 Å². The third-order valence-electron chi connectivity index (χ3n) is 11.1. The van der Waals surface area contributed by atoms with Gasteiger partial charge < -0.3 is 0 Å². The van der Waals surface area contributed by atoms with Crippen molar-refractivity contribution in [1.82, 2.24) is 0 Å². The lowest BCUT2D eigenvalue weighted by molar-refractivity contribution is 0.661. The molecule has 0 fully saturated rings. The maximum absolute atomic E-state index is 2.50. The molecule has 0 radical (unpaired) electrons. The summed E-state index contributed by atoms with van der Waals surface area (Å²) in [6.45, 7) is 4.79. The number of hydrogen-bond donors (Lipinski definition) is 0. The molecule has 0 bridgehead atoms. The molecule has 7 aromatic carbocycles. The second kappa shape index (κ2) is 11.3. The molecular weight excluding hydrogens is 621 g/mol. The van der Waals surface area contributed by atoms with Gasteiger partial charge in [0, 0.05) is 25.6 Å². The van der Waals surface area contributed by atoms with Crippen LogP contribution in [0.4, 0.5) is 0 Å². The summed E-state index contributed by atoms with van der Waals surface area (Å²) in [5, 5.41) is 10.6. The Morgan fingerprint density at radius 3 is 1.96 bits per heavy atom. The predicted octanol–water partition coefficient (Wildman–Crippen LogP) is 14.3. The van der Waals surface area contributed by atoms with Crippen molar-refractivity contribution in [3.05, 3.63) is 174 Å². The molecule has 1 heterocycles. The Bertz CT molecular complexity index is 2770. The first-order chi connectivity index (χ1) is 24.6. The van der Waals surface area contributed by atoms with Gasteiger partial charge in [-0.15, -0.1) is 11.3 Å².